The molecule has 0 aromatic rings. The highest BCUT2D eigenvalue weighted by atomic mass is 16.4. The number of rotatable bonds is 7. The van der Waals surface area contributed by atoms with Gasteiger partial charge in [0.2, 0.25) is 5.91 Å². The lowest BCUT2D eigenvalue weighted by Gasteiger charge is -2.11. The highest BCUT2D eigenvalue weighted by Crippen LogP contribution is 1.83. The molecule has 0 bridgehead atoms. The number of amides is 1. The largest absolute Gasteiger partial charge is 0.481 e. The highest BCUT2D eigenvalue weighted by molar-refractivity contribution is 5.82. The zero-order valence-corrected chi connectivity index (χ0v) is 8.32. The molecule has 0 saturated heterocycles. The van der Waals surface area contributed by atoms with Gasteiger partial charge in [0.25, 0.3) is 0 Å². The molecule has 0 radical (unpaired) electrons. The first kappa shape index (κ1) is 13.4. The molecule has 0 aromatic heterocycles. The van der Waals surface area contributed by atoms with Crippen molar-refractivity contribution in [2.24, 2.45) is 0 Å². The Kier molecular flexibility index (Phi) is 6.03. The summed E-state index contributed by atoms with van der Waals surface area (Å²) in [5.41, 5.74) is 0. The average Bonchev–Trinajstić information content (AvgIpc) is 2.13. The van der Waals surface area contributed by atoms with E-state index in [0.717, 1.165) is 0 Å². The van der Waals surface area contributed by atoms with Gasteiger partial charge in [-0.05, 0) is 6.92 Å². The lowest BCUT2D eigenvalue weighted by atomic mass is 10.3. The Morgan fingerprint density at radius 1 is 1.20 bits per heavy atom. The second kappa shape index (κ2) is 6.77. The van der Waals surface area contributed by atoms with Crippen molar-refractivity contribution in [3.63, 3.8) is 0 Å². The fraction of sp³-hybridized carbons (Fsp3) is 0.625. The van der Waals surface area contributed by atoms with Crippen molar-refractivity contribution < 1.29 is 24.6 Å². The van der Waals surface area contributed by atoms with Gasteiger partial charge in [0, 0.05) is 6.54 Å². The number of carboxylic acid groups (broad SMARTS) is 2. The van der Waals surface area contributed by atoms with Crippen molar-refractivity contribution in [2.45, 2.75) is 19.4 Å². The van der Waals surface area contributed by atoms with Crippen LogP contribution in [0.15, 0.2) is 0 Å². The van der Waals surface area contributed by atoms with Gasteiger partial charge >= 0.3 is 11.9 Å². The Morgan fingerprint density at radius 3 is 2.27 bits per heavy atom. The summed E-state index contributed by atoms with van der Waals surface area (Å²) in [6, 6.07) is -0.658. The van der Waals surface area contributed by atoms with Crippen LogP contribution in [0, 0.1) is 0 Å². The Morgan fingerprint density at radius 2 is 1.80 bits per heavy atom. The van der Waals surface area contributed by atoms with Gasteiger partial charge in [-0.15, -0.1) is 0 Å². The lowest BCUT2D eigenvalue weighted by Crippen LogP contribution is -2.44. The third kappa shape index (κ3) is 7.44. The standard InChI is InChI=1S/C8H14N2O5/c1-5(10-4-7(13)14)8(15)9-3-2-6(11)12/h5,10H,2-4H2,1H3,(H,9,15)(H,11,12)(H,13,14)/t5-/m0/s1. The molecule has 1 amide bonds. The molecule has 0 aliphatic carbocycles. The van der Waals surface area contributed by atoms with E-state index in [2.05, 4.69) is 10.6 Å². The van der Waals surface area contributed by atoms with Crippen LogP contribution in [0.2, 0.25) is 0 Å². The molecule has 15 heavy (non-hydrogen) atoms. The van der Waals surface area contributed by atoms with Gasteiger partial charge in [0.05, 0.1) is 19.0 Å². The fourth-order valence-electron chi connectivity index (χ4n) is 0.779. The molecule has 7 heteroatoms. The Labute approximate surface area is 86.5 Å². The number of nitrogens with one attached hydrogen (secondary N) is 2. The molecule has 0 rings (SSSR count). The molecule has 0 heterocycles. The second-order valence-electron chi connectivity index (χ2n) is 2.93. The number of carboxylic acids is 2. The van der Waals surface area contributed by atoms with Crippen molar-refractivity contribution in [2.75, 3.05) is 13.1 Å². The summed E-state index contributed by atoms with van der Waals surface area (Å²) in [7, 11) is 0. The molecular formula is C8H14N2O5. The van der Waals surface area contributed by atoms with E-state index in [1.807, 2.05) is 0 Å². The van der Waals surface area contributed by atoms with Crippen LogP contribution < -0.4 is 10.6 Å². The first-order valence-electron chi connectivity index (χ1n) is 4.38. The molecule has 0 unspecified atom stereocenters. The molecule has 86 valence electrons. The third-order valence-corrected chi connectivity index (χ3v) is 1.59. The van der Waals surface area contributed by atoms with E-state index in [1.165, 1.54) is 6.92 Å². The van der Waals surface area contributed by atoms with Gasteiger partial charge in [-0.1, -0.05) is 0 Å². The SMILES string of the molecule is C[C@H](NCC(=O)O)C(=O)NCCC(=O)O. The number of carbonyl (C=O) groups is 3. The van der Waals surface area contributed by atoms with Gasteiger partial charge in [-0.25, -0.2) is 0 Å². The predicted octanol–water partition coefficient (Wildman–Crippen LogP) is -1.36. The predicted molar refractivity (Wildman–Crippen MR) is 50.4 cm³/mol. The molecule has 0 aromatic carbocycles. The van der Waals surface area contributed by atoms with Crippen LogP contribution in [0.3, 0.4) is 0 Å². The van der Waals surface area contributed by atoms with Gasteiger partial charge in [-0.2, -0.15) is 0 Å². The minimum atomic E-state index is -1.06. The minimum Gasteiger partial charge on any atom is -0.481 e. The third-order valence-electron chi connectivity index (χ3n) is 1.59. The summed E-state index contributed by atoms with van der Waals surface area (Å²) in [5, 5.41) is 21.4. The van der Waals surface area contributed by atoms with Gasteiger partial charge in [0.15, 0.2) is 0 Å². The first-order valence-corrected chi connectivity index (χ1v) is 4.38. The monoisotopic (exact) mass is 218 g/mol. The van der Waals surface area contributed by atoms with Crippen molar-refractivity contribution in [3.8, 4) is 0 Å². The molecule has 0 aliphatic heterocycles. The van der Waals surface area contributed by atoms with Crippen LogP contribution in [0.1, 0.15) is 13.3 Å². The van der Waals surface area contributed by atoms with E-state index < -0.39 is 23.9 Å². The minimum absolute atomic E-state index is 0.0350. The summed E-state index contributed by atoms with van der Waals surface area (Å²) < 4.78 is 0. The maximum atomic E-state index is 11.2. The highest BCUT2D eigenvalue weighted by Gasteiger charge is 2.12. The van der Waals surface area contributed by atoms with Gasteiger partial charge in [0.1, 0.15) is 0 Å². The molecule has 7 nitrogen and oxygen atoms in total. The Balaban J connectivity index is 3.69. The van der Waals surface area contributed by atoms with E-state index in [-0.39, 0.29) is 19.5 Å². The number of carbonyl (C=O) groups excluding carboxylic acids is 1. The zero-order chi connectivity index (χ0) is 11.8. The van der Waals surface area contributed by atoms with Crippen LogP contribution in [0.4, 0.5) is 0 Å². The summed E-state index contributed by atoms with van der Waals surface area (Å²) in [6.07, 6.45) is -0.155. The molecule has 0 saturated carbocycles. The maximum absolute atomic E-state index is 11.2. The molecule has 0 aliphatic rings. The van der Waals surface area contributed by atoms with E-state index in [9.17, 15) is 14.4 Å². The lowest BCUT2D eigenvalue weighted by molar-refractivity contribution is -0.137. The Hall–Kier alpha value is -1.63. The van der Waals surface area contributed by atoms with Gasteiger partial charge < -0.3 is 15.5 Å². The van der Waals surface area contributed by atoms with Crippen molar-refractivity contribution >= 4 is 17.8 Å². The average molecular weight is 218 g/mol. The molecule has 4 N–H and O–H groups in total. The van der Waals surface area contributed by atoms with E-state index in [1.54, 1.807) is 0 Å². The smallest absolute Gasteiger partial charge is 0.317 e. The molecular weight excluding hydrogens is 204 g/mol. The van der Waals surface area contributed by atoms with Crippen LogP contribution in [0.25, 0.3) is 0 Å². The molecule has 0 spiro atoms. The van der Waals surface area contributed by atoms with Crippen molar-refractivity contribution in [1.29, 1.82) is 0 Å². The maximum Gasteiger partial charge on any atom is 0.317 e. The topological polar surface area (TPSA) is 116 Å². The summed E-state index contributed by atoms with van der Waals surface area (Å²) in [5.74, 6) is -2.47. The summed E-state index contributed by atoms with van der Waals surface area (Å²) in [6.45, 7) is 1.22. The van der Waals surface area contributed by atoms with Crippen LogP contribution in [-0.2, 0) is 14.4 Å². The van der Waals surface area contributed by atoms with Crippen LogP contribution >= 0.6 is 0 Å². The van der Waals surface area contributed by atoms with Gasteiger partial charge in [-0.3, -0.25) is 19.7 Å². The molecule has 0 fully saturated rings. The van der Waals surface area contributed by atoms with Crippen LogP contribution in [-0.4, -0.2) is 47.2 Å². The molecule has 1 atom stereocenters. The number of hydrogen-bond donors (Lipinski definition) is 4. The quantitative estimate of drug-likeness (QED) is 0.419. The fourth-order valence-corrected chi connectivity index (χ4v) is 0.779. The summed E-state index contributed by atoms with van der Waals surface area (Å²) in [4.78, 5) is 31.5. The first-order chi connectivity index (χ1) is 6.93. The number of aliphatic carboxylic acids is 2. The van der Waals surface area contributed by atoms with E-state index >= 15 is 0 Å². The van der Waals surface area contributed by atoms with Crippen LogP contribution in [0.5, 0.6) is 0 Å². The summed E-state index contributed by atoms with van der Waals surface area (Å²) >= 11 is 0. The Bertz CT molecular complexity index is 253. The second-order valence-corrected chi connectivity index (χ2v) is 2.93. The van der Waals surface area contributed by atoms with Crippen molar-refractivity contribution in [1.82, 2.24) is 10.6 Å². The normalized spacial score (nSPS) is 11.8. The van der Waals surface area contributed by atoms with E-state index in [0.29, 0.717) is 0 Å². The van der Waals surface area contributed by atoms with E-state index in [4.69, 9.17) is 10.2 Å². The zero-order valence-electron chi connectivity index (χ0n) is 8.32. The van der Waals surface area contributed by atoms with Crippen molar-refractivity contribution in [3.05, 3.63) is 0 Å². The number of hydrogen-bond acceptors (Lipinski definition) is 4.